The average Bonchev–Trinajstić information content (AvgIpc) is 1.83. The number of rotatable bonds is 4. The van der Waals surface area contributed by atoms with Crippen molar-refractivity contribution in [3.63, 3.8) is 0 Å². The molecule has 0 amide bonds. The highest BCUT2D eigenvalue weighted by Gasteiger charge is 1.90. The van der Waals surface area contributed by atoms with E-state index in [1.165, 1.54) is 12.8 Å². The Labute approximate surface area is 65.1 Å². The SMILES string of the molecule is CCCCN(I)NC. The first kappa shape index (κ1) is 8.65. The third-order valence-corrected chi connectivity index (χ3v) is 1.92. The Bertz CT molecular complexity index is 49.7. The molecule has 1 N–H and O–H groups in total. The molecular formula is C5H13IN2. The molecule has 0 saturated carbocycles. The van der Waals surface area contributed by atoms with Crippen LogP contribution in [0.5, 0.6) is 0 Å². The maximum absolute atomic E-state index is 3.02. The van der Waals surface area contributed by atoms with Crippen molar-refractivity contribution in [3.8, 4) is 0 Å². The van der Waals surface area contributed by atoms with Crippen molar-refractivity contribution in [2.75, 3.05) is 13.6 Å². The van der Waals surface area contributed by atoms with Crippen LogP contribution in [0.1, 0.15) is 19.8 Å². The minimum atomic E-state index is 1.13. The number of unbranched alkanes of at least 4 members (excludes halogenated alkanes) is 1. The molecule has 2 nitrogen and oxygen atoms in total. The average molecular weight is 228 g/mol. The largest absolute Gasteiger partial charge is 0.249 e. The zero-order valence-electron chi connectivity index (χ0n) is 5.45. The zero-order chi connectivity index (χ0) is 6.41. The van der Waals surface area contributed by atoms with E-state index in [0.29, 0.717) is 0 Å². The van der Waals surface area contributed by atoms with E-state index >= 15 is 0 Å². The van der Waals surface area contributed by atoms with Crippen LogP contribution >= 0.6 is 22.9 Å². The Kier molecular flexibility index (Phi) is 6.25. The molecule has 0 spiro atoms. The Morgan fingerprint density at radius 1 is 1.62 bits per heavy atom. The normalized spacial score (nSPS) is 10.5. The van der Waals surface area contributed by atoms with Gasteiger partial charge in [0.1, 0.15) is 0 Å². The van der Waals surface area contributed by atoms with Crippen LogP contribution in [-0.4, -0.2) is 16.8 Å². The molecule has 0 atom stereocenters. The summed E-state index contributed by atoms with van der Waals surface area (Å²) < 4.78 is 2.06. The van der Waals surface area contributed by atoms with Crippen molar-refractivity contribution in [3.05, 3.63) is 0 Å². The third kappa shape index (κ3) is 4.80. The molecule has 50 valence electrons. The molecule has 0 rings (SSSR count). The zero-order valence-corrected chi connectivity index (χ0v) is 7.60. The smallest absolute Gasteiger partial charge is 0.0366 e. The fourth-order valence-electron chi connectivity index (χ4n) is 0.409. The van der Waals surface area contributed by atoms with Crippen LogP contribution in [0.15, 0.2) is 0 Å². The van der Waals surface area contributed by atoms with E-state index in [-0.39, 0.29) is 0 Å². The molecule has 0 bridgehead atoms. The van der Waals surface area contributed by atoms with Gasteiger partial charge in [0.2, 0.25) is 0 Å². The maximum atomic E-state index is 3.02. The first-order valence-corrected chi connectivity index (χ1v) is 3.88. The number of nitrogens with zero attached hydrogens (tertiary/aromatic N) is 1. The molecular weight excluding hydrogens is 215 g/mol. The highest BCUT2D eigenvalue weighted by Crippen LogP contribution is 1.95. The molecule has 0 aromatic rings. The summed E-state index contributed by atoms with van der Waals surface area (Å²) in [7, 11) is 1.93. The third-order valence-electron chi connectivity index (χ3n) is 0.951. The lowest BCUT2D eigenvalue weighted by atomic mass is 10.3. The first-order valence-electron chi connectivity index (χ1n) is 2.92. The highest BCUT2D eigenvalue weighted by atomic mass is 127. The van der Waals surface area contributed by atoms with Crippen molar-refractivity contribution in [2.45, 2.75) is 19.8 Å². The number of hydrogen-bond donors (Lipinski definition) is 1. The Morgan fingerprint density at radius 2 is 2.25 bits per heavy atom. The summed E-state index contributed by atoms with van der Waals surface area (Å²) in [6.45, 7) is 3.33. The van der Waals surface area contributed by atoms with Gasteiger partial charge in [-0.3, -0.25) is 0 Å². The summed E-state index contributed by atoms with van der Waals surface area (Å²) in [5.41, 5.74) is 3.02. The molecule has 3 heteroatoms. The minimum Gasteiger partial charge on any atom is -0.249 e. The molecule has 0 aliphatic rings. The van der Waals surface area contributed by atoms with Crippen LogP contribution in [0.25, 0.3) is 0 Å². The topological polar surface area (TPSA) is 15.3 Å². The Morgan fingerprint density at radius 3 is 2.62 bits per heavy atom. The summed E-state index contributed by atoms with van der Waals surface area (Å²) in [4.78, 5) is 0. The standard InChI is InChI=1S/C5H13IN2/c1-3-4-5-8(6)7-2/h7H,3-5H2,1-2H3. The molecule has 0 aromatic carbocycles. The van der Waals surface area contributed by atoms with Gasteiger partial charge in [-0.15, -0.1) is 0 Å². The predicted octanol–water partition coefficient (Wildman–Crippen LogP) is 1.57. The lowest BCUT2D eigenvalue weighted by molar-refractivity contribution is 0.414. The van der Waals surface area contributed by atoms with Gasteiger partial charge in [-0.25, -0.2) is 5.43 Å². The predicted molar refractivity (Wildman–Crippen MR) is 44.7 cm³/mol. The minimum absolute atomic E-state index is 1.13. The van der Waals surface area contributed by atoms with E-state index in [1.807, 2.05) is 7.05 Å². The van der Waals surface area contributed by atoms with E-state index in [1.54, 1.807) is 0 Å². The summed E-state index contributed by atoms with van der Waals surface area (Å²) in [6.07, 6.45) is 2.53. The van der Waals surface area contributed by atoms with Crippen molar-refractivity contribution >= 4 is 22.9 Å². The number of hydrogen-bond acceptors (Lipinski definition) is 2. The lowest BCUT2D eigenvalue weighted by Gasteiger charge is -2.09. The second-order valence-electron chi connectivity index (χ2n) is 1.66. The molecule has 0 fully saturated rings. The van der Waals surface area contributed by atoms with Gasteiger partial charge in [-0.2, -0.15) is 3.22 Å². The molecule has 0 aliphatic carbocycles. The van der Waals surface area contributed by atoms with Crippen LogP contribution in [0.4, 0.5) is 0 Å². The van der Waals surface area contributed by atoms with Crippen LogP contribution in [0.2, 0.25) is 0 Å². The van der Waals surface area contributed by atoms with Gasteiger partial charge >= 0.3 is 0 Å². The summed E-state index contributed by atoms with van der Waals surface area (Å²) >= 11 is 2.25. The Hall–Kier alpha value is 0.650. The second kappa shape index (κ2) is 5.78. The fourth-order valence-corrected chi connectivity index (χ4v) is 0.750. The van der Waals surface area contributed by atoms with Crippen LogP contribution in [0.3, 0.4) is 0 Å². The maximum Gasteiger partial charge on any atom is 0.0366 e. The highest BCUT2D eigenvalue weighted by molar-refractivity contribution is 14.1. The van der Waals surface area contributed by atoms with E-state index in [4.69, 9.17) is 0 Å². The van der Waals surface area contributed by atoms with Gasteiger partial charge in [-0.1, -0.05) is 13.3 Å². The van der Waals surface area contributed by atoms with Gasteiger partial charge in [0.05, 0.1) is 0 Å². The quantitative estimate of drug-likeness (QED) is 0.446. The van der Waals surface area contributed by atoms with Gasteiger partial charge in [0, 0.05) is 29.4 Å². The molecule has 0 radical (unpaired) electrons. The van der Waals surface area contributed by atoms with Crippen LogP contribution in [-0.2, 0) is 0 Å². The molecule has 0 aliphatic heterocycles. The molecule has 0 heterocycles. The van der Waals surface area contributed by atoms with Crippen LogP contribution in [0, 0.1) is 0 Å². The number of hydrazine groups is 1. The molecule has 0 saturated heterocycles. The fraction of sp³-hybridized carbons (Fsp3) is 1.00. The van der Waals surface area contributed by atoms with Crippen molar-refractivity contribution in [2.24, 2.45) is 0 Å². The van der Waals surface area contributed by atoms with E-state index < -0.39 is 0 Å². The second-order valence-corrected chi connectivity index (χ2v) is 2.83. The van der Waals surface area contributed by atoms with Crippen molar-refractivity contribution in [1.29, 1.82) is 0 Å². The van der Waals surface area contributed by atoms with Gasteiger partial charge in [0.25, 0.3) is 0 Å². The summed E-state index contributed by atoms with van der Waals surface area (Å²) in [5.74, 6) is 0. The van der Waals surface area contributed by atoms with E-state index in [9.17, 15) is 0 Å². The summed E-state index contributed by atoms with van der Waals surface area (Å²) in [5, 5.41) is 0. The molecule has 0 unspecified atom stereocenters. The molecule has 8 heavy (non-hydrogen) atoms. The Balaban J connectivity index is 2.86. The van der Waals surface area contributed by atoms with Gasteiger partial charge in [-0.05, 0) is 13.5 Å². The number of halogens is 1. The summed E-state index contributed by atoms with van der Waals surface area (Å²) in [6, 6.07) is 0. The number of nitrogens with one attached hydrogen (secondary N) is 1. The van der Waals surface area contributed by atoms with Crippen LogP contribution < -0.4 is 5.43 Å². The van der Waals surface area contributed by atoms with E-state index in [2.05, 4.69) is 38.4 Å². The first-order chi connectivity index (χ1) is 3.81. The van der Waals surface area contributed by atoms with Gasteiger partial charge < -0.3 is 0 Å². The van der Waals surface area contributed by atoms with Crippen molar-refractivity contribution < 1.29 is 0 Å². The van der Waals surface area contributed by atoms with Crippen molar-refractivity contribution in [1.82, 2.24) is 8.65 Å². The lowest BCUT2D eigenvalue weighted by Crippen LogP contribution is -2.25. The van der Waals surface area contributed by atoms with E-state index in [0.717, 1.165) is 6.54 Å². The van der Waals surface area contributed by atoms with Gasteiger partial charge in [0.15, 0.2) is 0 Å². The monoisotopic (exact) mass is 228 g/mol. The molecule has 0 aromatic heterocycles.